The highest BCUT2D eigenvalue weighted by Gasteiger charge is 2.34. The van der Waals surface area contributed by atoms with E-state index in [1.54, 1.807) is 0 Å². The van der Waals surface area contributed by atoms with Crippen LogP contribution in [0.2, 0.25) is 0 Å². The van der Waals surface area contributed by atoms with Crippen molar-refractivity contribution < 1.29 is 4.79 Å². The zero-order valence-corrected chi connectivity index (χ0v) is 11.2. The van der Waals surface area contributed by atoms with Crippen molar-refractivity contribution in [2.24, 2.45) is 5.41 Å². The molecule has 1 rings (SSSR count). The average Bonchev–Trinajstić information content (AvgIpc) is 2.73. The number of rotatable bonds is 7. The van der Waals surface area contributed by atoms with E-state index in [-0.39, 0.29) is 0 Å². The van der Waals surface area contributed by atoms with Crippen LogP contribution in [0.15, 0.2) is 0 Å². The first-order valence-corrected chi connectivity index (χ1v) is 6.90. The van der Waals surface area contributed by atoms with Gasteiger partial charge in [-0.15, -0.1) is 0 Å². The lowest BCUT2D eigenvalue weighted by molar-refractivity contribution is -0.118. The quantitative estimate of drug-likeness (QED) is 0.663. The highest BCUT2D eigenvalue weighted by molar-refractivity contribution is 5.77. The summed E-state index contributed by atoms with van der Waals surface area (Å²) in [6, 6.07) is 0. The third-order valence-corrected chi connectivity index (χ3v) is 4.34. The van der Waals surface area contributed by atoms with E-state index in [9.17, 15) is 4.79 Å². The van der Waals surface area contributed by atoms with Gasteiger partial charge in [0.1, 0.15) is 5.78 Å². The average molecular weight is 225 g/mol. The lowest BCUT2D eigenvalue weighted by atomic mass is 9.82. The standard InChI is InChI=1S/C14H27NO/c1-4-13(16)8-7-10-15-11-9-14(5-2,6-3)12-15/h4-12H2,1-3H3. The van der Waals surface area contributed by atoms with Gasteiger partial charge in [0.15, 0.2) is 0 Å². The Morgan fingerprint density at radius 2 is 1.94 bits per heavy atom. The molecule has 0 aliphatic carbocycles. The normalized spacial score (nSPS) is 20.2. The lowest BCUT2D eigenvalue weighted by Crippen LogP contribution is -2.27. The van der Waals surface area contributed by atoms with Gasteiger partial charge in [-0.2, -0.15) is 0 Å². The topological polar surface area (TPSA) is 20.3 Å². The van der Waals surface area contributed by atoms with Gasteiger partial charge in [0.25, 0.3) is 0 Å². The molecule has 2 heteroatoms. The molecule has 1 saturated heterocycles. The summed E-state index contributed by atoms with van der Waals surface area (Å²) in [5.74, 6) is 0.413. The van der Waals surface area contributed by atoms with Crippen LogP contribution < -0.4 is 0 Å². The number of carbonyl (C=O) groups excluding carboxylic acids is 1. The van der Waals surface area contributed by atoms with Crippen molar-refractivity contribution in [2.75, 3.05) is 19.6 Å². The number of hydrogen-bond donors (Lipinski definition) is 0. The largest absolute Gasteiger partial charge is 0.303 e. The maximum atomic E-state index is 11.2. The predicted octanol–water partition coefficient (Wildman–Crippen LogP) is 3.26. The summed E-state index contributed by atoms with van der Waals surface area (Å²) in [5, 5.41) is 0. The smallest absolute Gasteiger partial charge is 0.132 e. The molecular weight excluding hydrogens is 198 g/mol. The van der Waals surface area contributed by atoms with Crippen LogP contribution in [-0.4, -0.2) is 30.3 Å². The number of carbonyl (C=O) groups is 1. The number of Topliss-reactive ketones (excluding diaryl/α,β-unsaturated/α-hetero) is 1. The molecule has 0 aromatic heterocycles. The Morgan fingerprint density at radius 1 is 1.25 bits per heavy atom. The molecule has 94 valence electrons. The molecule has 1 heterocycles. The zero-order valence-electron chi connectivity index (χ0n) is 11.2. The van der Waals surface area contributed by atoms with Gasteiger partial charge in [-0.25, -0.2) is 0 Å². The molecule has 16 heavy (non-hydrogen) atoms. The molecule has 0 radical (unpaired) electrons. The zero-order chi connectivity index (χ0) is 12.0. The second kappa shape index (κ2) is 6.39. The minimum atomic E-state index is 0.413. The molecule has 0 unspecified atom stereocenters. The lowest BCUT2D eigenvalue weighted by Gasteiger charge is -2.26. The first kappa shape index (κ1) is 13.7. The highest BCUT2D eigenvalue weighted by Crippen LogP contribution is 2.36. The van der Waals surface area contributed by atoms with Crippen molar-refractivity contribution in [3.63, 3.8) is 0 Å². The molecular formula is C14H27NO. The number of ketones is 1. The Hall–Kier alpha value is -0.370. The van der Waals surface area contributed by atoms with E-state index in [0.29, 0.717) is 17.6 Å². The van der Waals surface area contributed by atoms with Crippen molar-refractivity contribution in [3.8, 4) is 0 Å². The van der Waals surface area contributed by atoms with Gasteiger partial charge in [0.2, 0.25) is 0 Å². The minimum Gasteiger partial charge on any atom is -0.303 e. The summed E-state index contributed by atoms with van der Waals surface area (Å²) in [7, 11) is 0. The van der Waals surface area contributed by atoms with Gasteiger partial charge in [-0.3, -0.25) is 4.79 Å². The van der Waals surface area contributed by atoms with E-state index in [1.165, 1.54) is 32.4 Å². The second-order valence-electron chi connectivity index (χ2n) is 5.23. The maximum Gasteiger partial charge on any atom is 0.132 e. The molecule has 0 N–H and O–H groups in total. The van der Waals surface area contributed by atoms with Crippen molar-refractivity contribution in [1.29, 1.82) is 0 Å². The number of nitrogens with zero attached hydrogens (tertiary/aromatic N) is 1. The minimum absolute atomic E-state index is 0.413. The summed E-state index contributed by atoms with van der Waals surface area (Å²) in [6.07, 6.45) is 6.48. The fraction of sp³-hybridized carbons (Fsp3) is 0.929. The maximum absolute atomic E-state index is 11.2. The van der Waals surface area contributed by atoms with Crippen LogP contribution in [0, 0.1) is 5.41 Å². The van der Waals surface area contributed by atoms with Crippen LogP contribution in [0.1, 0.15) is 59.3 Å². The Bertz CT molecular complexity index is 221. The number of hydrogen-bond acceptors (Lipinski definition) is 2. The summed E-state index contributed by atoms with van der Waals surface area (Å²) in [5.41, 5.74) is 0.578. The van der Waals surface area contributed by atoms with Crippen LogP contribution in [0.4, 0.5) is 0 Å². The van der Waals surface area contributed by atoms with Crippen molar-refractivity contribution in [3.05, 3.63) is 0 Å². The molecule has 0 spiro atoms. The molecule has 0 saturated carbocycles. The van der Waals surface area contributed by atoms with Gasteiger partial charge < -0.3 is 4.90 Å². The van der Waals surface area contributed by atoms with Crippen molar-refractivity contribution in [2.45, 2.75) is 59.3 Å². The van der Waals surface area contributed by atoms with Crippen LogP contribution in [0.5, 0.6) is 0 Å². The Labute approximate surface area is 100 Å². The summed E-state index contributed by atoms with van der Waals surface area (Å²) in [6.45, 7) is 10.2. The third kappa shape index (κ3) is 3.58. The Morgan fingerprint density at radius 3 is 2.44 bits per heavy atom. The second-order valence-corrected chi connectivity index (χ2v) is 5.23. The van der Waals surface area contributed by atoms with Crippen LogP contribution in [0.25, 0.3) is 0 Å². The highest BCUT2D eigenvalue weighted by atomic mass is 16.1. The van der Waals surface area contributed by atoms with Gasteiger partial charge >= 0.3 is 0 Å². The molecule has 0 aromatic carbocycles. The molecule has 2 nitrogen and oxygen atoms in total. The van der Waals surface area contributed by atoms with E-state index in [2.05, 4.69) is 18.7 Å². The summed E-state index contributed by atoms with van der Waals surface area (Å²) >= 11 is 0. The molecule has 0 bridgehead atoms. The summed E-state index contributed by atoms with van der Waals surface area (Å²) < 4.78 is 0. The molecule has 0 amide bonds. The van der Waals surface area contributed by atoms with Crippen molar-refractivity contribution in [1.82, 2.24) is 4.90 Å². The third-order valence-electron chi connectivity index (χ3n) is 4.34. The van der Waals surface area contributed by atoms with E-state index in [1.807, 2.05) is 6.92 Å². The first-order valence-electron chi connectivity index (χ1n) is 6.90. The predicted molar refractivity (Wildman–Crippen MR) is 68.6 cm³/mol. The Kier molecular flexibility index (Phi) is 5.47. The van der Waals surface area contributed by atoms with Crippen molar-refractivity contribution >= 4 is 5.78 Å². The van der Waals surface area contributed by atoms with E-state index >= 15 is 0 Å². The van der Waals surface area contributed by atoms with Gasteiger partial charge in [0.05, 0.1) is 0 Å². The van der Waals surface area contributed by atoms with E-state index in [4.69, 9.17) is 0 Å². The molecule has 1 aliphatic heterocycles. The monoisotopic (exact) mass is 225 g/mol. The van der Waals surface area contributed by atoms with E-state index in [0.717, 1.165) is 19.4 Å². The fourth-order valence-corrected chi connectivity index (χ4v) is 2.72. The van der Waals surface area contributed by atoms with Crippen LogP contribution >= 0.6 is 0 Å². The van der Waals surface area contributed by atoms with Gasteiger partial charge in [0, 0.05) is 19.4 Å². The van der Waals surface area contributed by atoms with Crippen LogP contribution in [0.3, 0.4) is 0 Å². The van der Waals surface area contributed by atoms with Crippen LogP contribution in [-0.2, 0) is 4.79 Å². The molecule has 0 aromatic rings. The SMILES string of the molecule is CCC(=O)CCCN1CCC(CC)(CC)C1. The van der Waals surface area contributed by atoms with Gasteiger partial charge in [-0.05, 0) is 44.2 Å². The molecule has 0 atom stereocenters. The Balaban J connectivity index is 2.23. The van der Waals surface area contributed by atoms with E-state index < -0.39 is 0 Å². The molecule has 1 fully saturated rings. The molecule has 1 aliphatic rings. The summed E-state index contributed by atoms with van der Waals surface area (Å²) in [4.78, 5) is 13.8. The fourth-order valence-electron chi connectivity index (χ4n) is 2.72. The first-order chi connectivity index (χ1) is 7.65. The van der Waals surface area contributed by atoms with Gasteiger partial charge in [-0.1, -0.05) is 20.8 Å². The number of likely N-dealkylation sites (tertiary alicyclic amines) is 1.